The first-order valence-corrected chi connectivity index (χ1v) is 10.7. The van der Waals surface area contributed by atoms with Gasteiger partial charge in [0, 0.05) is 26.9 Å². The number of carbonyl (C=O) groups excluding carboxylic acids is 2. The summed E-state index contributed by atoms with van der Waals surface area (Å²) >= 11 is 13.4. The van der Waals surface area contributed by atoms with Crippen LogP contribution in [-0.2, 0) is 9.53 Å². The van der Waals surface area contributed by atoms with Gasteiger partial charge in [-0.3, -0.25) is 4.79 Å². The van der Waals surface area contributed by atoms with Gasteiger partial charge in [-0.25, -0.2) is 4.79 Å². The standard InChI is InChI=1S/C23H15Cl2NO4S/c24-14-9-10-18-19(11-14)31-22(21(18)25)23(28)29-13-20(27)26-15-5-4-8-17(12-15)30-16-6-2-1-3-7-16/h1-12H,13H2,(H,26,27). The molecule has 0 aliphatic rings. The Kier molecular flexibility index (Phi) is 6.42. The van der Waals surface area contributed by atoms with E-state index < -0.39 is 18.5 Å². The van der Waals surface area contributed by atoms with Crippen molar-refractivity contribution in [1.29, 1.82) is 0 Å². The maximum Gasteiger partial charge on any atom is 0.350 e. The maximum atomic E-state index is 12.4. The van der Waals surface area contributed by atoms with Crippen molar-refractivity contribution in [2.45, 2.75) is 0 Å². The minimum atomic E-state index is -0.668. The first-order valence-electron chi connectivity index (χ1n) is 9.17. The lowest BCUT2D eigenvalue weighted by Crippen LogP contribution is -2.20. The molecule has 0 saturated heterocycles. The second-order valence-electron chi connectivity index (χ2n) is 6.45. The number of hydrogen-bond donors (Lipinski definition) is 1. The minimum absolute atomic E-state index is 0.227. The van der Waals surface area contributed by atoms with Gasteiger partial charge in [0.15, 0.2) is 6.61 Å². The number of hydrogen-bond acceptors (Lipinski definition) is 5. The first kappa shape index (κ1) is 21.2. The van der Waals surface area contributed by atoms with Crippen molar-refractivity contribution in [2.24, 2.45) is 0 Å². The molecule has 8 heteroatoms. The molecule has 0 aliphatic heterocycles. The monoisotopic (exact) mass is 471 g/mol. The lowest BCUT2D eigenvalue weighted by atomic mass is 10.2. The van der Waals surface area contributed by atoms with Gasteiger partial charge in [0.1, 0.15) is 16.4 Å². The summed E-state index contributed by atoms with van der Waals surface area (Å²) < 4.78 is 11.7. The number of anilines is 1. The smallest absolute Gasteiger partial charge is 0.350 e. The highest BCUT2D eigenvalue weighted by atomic mass is 35.5. The zero-order chi connectivity index (χ0) is 21.8. The van der Waals surface area contributed by atoms with E-state index in [4.69, 9.17) is 32.7 Å². The van der Waals surface area contributed by atoms with Crippen molar-refractivity contribution in [1.82, 2.24) is 0 Å². The molecule has 0 aliphatic carbocycles. The fourth-order valence-corrected chi connectivity index (χ4v) is 4.50. The van der Waals surface area contributed by atoms with Crippen molar-refractivity contribution in [3.63, 3.8) is 0 Å². The number of esters is 1. The van der Waals surface area contributed by atoms with Crippen LogP contribution in [0.5, 0.6) is 11.5 Å². The Labute approximate surface area is 192 Å². The largest absolute Gasteiger partial charge is 0.457 e. The fourth-order valence-electron chi connectivity index (χ4n) is 2.83. The lowest BCUT2D eigenvalue weighted by molar-refractivity contribution is -0.119. The lowest BCUT2D eigenvalue weighted by Gasteiger charge is -2.09. The van der Waals surface area contributed by atoms with E-state index in [-0.39, 0.29) is 9.90 Å². The Hall–Kier alpha value is -3.06. The first-order chi connectivity index (χ1) is 15.0. The molecule has 0 bridgehead atoms. The van der Waals surface area contributed by atoms with E-state index in [9.17, 15) is 9.59 Å². The molecule has 0 unspecified atom stereocenters. The molecule has 156 valence electrons. The molecule has 1 N–H and O–H groups in total. The van der Waals surface area contributed by atoms with Gasteiger partial charge >= 0.3 is 5.97 Å². The van der Waals surface area contributed by atoms with Crippen LogP contribution in [-0.4, -0.2) is 18.5 Å². The van der Waals surface area contributed by atoms with Crippen LogP contribution in [0.2, 0.25) is 10.0 Å². The van der Waals surface area contributed by atoms with Crippen molar-refractivity contribution in [3.8, 4) is 11.5 Å². The van der Waals surface area contributed by atoms with Gasteiger partial charge in [-0.1, -0.05) is 53.5 Å². The summed E-state index contributed by atoms with van der Waals surface area (Å²) in [5, 5.41) is 4.22. The summed E-state index contributed by atoms with van der Waals surface area (Å²) in [6, 6.07) is 21.4. The molecule has 0 radical (unpaired) electrons. The average Bonchev–Trinajstić information content (AvgIpc) is 3.08. The van der Waals surface area contributed by atoms with Crippen molar-refractivity contribution in [2.75, 3.05) is 11.9 Å². The number of thiophene rings is 1. The van der Waals surface area contributed by atoms with Gasteiger partial charge < -0.3 is 14.8 Å². The molecule has 1 heterocycles. The van der Waals surface area contributed by atoms with Crippen LogP contribution in [0.1, 0.15) is 9.67 Å². The summed E-state index contributed by atoms with van der Waals surface area (Å²) in [5.41, 5.74) is 0.518. The normalized spacial score (nSPS) is 10.6. The number of nitrogens with one attached hydrogen (secondary N) is 1. The highest BCUT2D eigenvalue weighted by Crippen LogP contribution is 2.37. The van der Waals surface area contributed by atoms with Crippen LogP contribution >= 0.6 is 34.5 Å². The molecule has 0 spiro atoms. The Morgan fingerprint density at radius 2 is 1.68 bits per heavy atom. The van der Waals surface area contributed by atoms with Crippen LogP contribution in [0.4, 0.5) is 5.69 Å². The van der Waals surface area contributed by atoms with Gasteiger partial charge in [-0.05, 0) is 36.4 Å². The molecule has 4 rings (SSSR count). The third-order valence-corrected chi connectivity index (χ3v) is 6.08. The van der Waals surface area contributed by atoms with E-state index in [0.717, 1.165) is 4.70 Å². The number of benzene rings is 3. The zero-order valence-corrected chi connectivity index (χ0v) is 18.3. The summed E-state index contributed by atoms with van der Waals surface area (Å²) in [4.78, 5) is 24.9. The highest BCUT2D eigenvalue weighted by molar-refractivity contribution is 7.21. The van der Waals surface area contributed by atoms with E-state index in [1.165, 1.54) is 11.3 Å². The number of ether oxygens (including phenoxy) is 2. The highest BCUT2D eigenvalue weighted by Gasteiger charge is 2.19. The van der Waals surface area contributed by atoms with Crippen LogP contribution < -0.4 is 10.1 Å². The number of para-hydroxylation sites is 1. The van der Waals surface area contributed by atoms with Crippen LogP contribution in [0.15, 0.2) is 72.8 Å². The van der Waals surface area contributed by atoms with Gasteiger partial charge in [0.25, 0.3) is 5.91 Å². The topological polar surface area (TPSA) is 64.6 Å². The fraction of sp³-hybridized carbons (Fsp3) is 0.0435. The second-order valence-corrected chi connectivity index (χ2v) is 8.32. The summed E-state index contributed by atoms with van der Waals surface area (Å²) in [6.45, 7) is -0.450. The molecule has 0 fully saturated rings. The Morgan fingerprint density at radius 1 is 0.903 bits per heavy atom. The zero-order valence-electron chi connectivity index (χ0n) is 15.9. The van der Waals surface area contributed by atoms with Crippen molar-refractivity contribution < 1.29 is 19.1 Å². The van der Waals surface area contributed by atoms with Gasteiger partial charge in [0.05, 0.1) is 5.02 Å². The van der Waals surface area contributed by atoms with Crippen LogP contribution in [0.3, 0.4) is 0 Å². The van der Waals surface area contributed by atoms with Crippen molar-refractivity contribution in [3.05, 3.63) is 87.7 Å². The van der Waals surface area contributed by atoms with E-state index in [1.54, 1.807) is 42.5 Å². The Morgan fingerprint density at radius 3 is 2.48 bits per heavy atom. The molecule has 4 aromatic rings. The van der Waals surface area contributed by atoms with E-state index in [1.807, 2.05) is 30.3 Å². The minimum Gasteiger partial charge on any atom is -0.457 e. The second kappa shape index (κ2) is 9.39. The molecule has 0 saturated carbocycles. The quantitative estimate of drug-likeness (QED) is 0.314. The number of carbonyl (C=O) groups is 2. The Bertz CT molecular complexity index is 1260. The number of amides is 1. The third-order valence-electron chi connectivity index (χ3n) is 4.21. The molecule has 31 heavy (non-hydrogen) atoms. The molecular formula is C23H15Cl2NO4S. The van der Waals surface area contributed by atoms with E-state index >= 15 is 0 Å². The number of halogens is 2. The van der Waals surface area contributed by atoms with Gasteiger partial charge in [0.2, 0.25) is 0 Å². The van der Waals surface area contributed by atoms with Gasteiger partial charge in [-0.2, -0.15) is 0 Å². The van der Waals surface area contributed by atoms with E-state index in [0.29, 0.717) is 27.6 Å². The predicted molar refractivity (Wildman–Crippen MR) is 124 cm³/mol. The molecule has 0 atom stereocenters. The van der Waals surface area contributed by atoms with Gasteiger partial charge in [-0.15, -0.1) is 11.3 Å². The van der Waals surface area contributed by atoms with Crippen molar-refractivity contribution >= 4 is 62.2 Å². The number of fused-ring (bicyclic) bond motifs is 1. The molecule has 1 aromatic heterocycles. The Balaban J connectivity index is 1.37. The summed E-state index contributed by atoms with van der Waals surface area (Å²) in [5.74, 6) is 0.0993. The number of rotatable bonds is 6. The van der Waals surface area contributed by atoms with Crippen LogP contribution in [0.25, 0.3) is 10.1 Å². The third kappa shape index (κ3) is 5.17. The van der Waals surface area contributed by atoms with Crippen LogP contribution in [0, 0.1) is 0 Å². The molecule has 1 amide bonds. The average molecular weight is 472 g/mol. The molecular weight excluding hydrogens is 457 g/mol. The summed E-state index contributed by atoms with van der Waals surface area (Å²) in [7, 11) is 0. The SMILES string of the molecule is O=C(COC(=O)c1sc2cc(Cl)ccc2c1Cl)Nc1cccc(Oc2ccccc2)c1. The molecule has 3 aromatic carbocycles. The molecule has 5 nitrogen and oxygen atoms in total. The van der Waals surface area contributed by atoms with E-state index in [2.05, 4.69) is 5.32 Å². The maximum absolute atomic E-state index is 12.4. The predicted octanol–water partition coefficient (Wildman–Crippen LogP) is 6.80. The summed E-state index contributed by atoms with van der Waals surface area (Å²) in [6.07, 6.45) is 0.